The van der Waals surface area contributed by atoms with Crippen molar-refractivity contribution < 1.29 is 0 Å². The molecular weight excluding hydrogens is 322 g/mol. The summed E-state index contributed by atoms with van der Waals surface area (Å²) in [5, 5.41) is 4.29. The fourth-order valence-corrected chi connectivity index (χ4v) is 2.60. The van der Waals surface area contributed by atoms with Gasteiger partial charge in [0.05, 0.1) is 16.8 Å². The van der Waals surface area contributed by atoms with E-state index in [2.05, 4.69) is 58.5 Å². The van der Waals surface area contributed by atoms with E-state index in [0.717, 1.165) is 21.6 Å². The summed E-state index contributed by atoms with van der Waals surface area (Å²) in [4.78, 5) is 0. The monoisotopic (exact) mass is 337 g/mol. The van der Waals surface area contributed by atoms with Crippen molar-refractivity contribution in [1.82, 2.24) is 0 Å². The highest BCUT2D eigenvalue weighted by molar-refractivity contribution is 9.10. The predicted molar refractivity (Wildman–Crippen MR) is 87.0 cm³/mol. The molecule has 0 heterocycles. The van der Waals surface area contributed by atoms with Gasteiger partial charge in [-0.1, -0.05) is 52.7 Å². The summed E-state index contributed by atoms with van der Waals surface area (Å²) in [7, 11) is 0. The largest absolute Gasteiger partial charge is 0.377 e. The van der Waals surface area contributed by atoms with Crippen LogP contribution in [0.1, 0.15) is 30.5 Å². The first kappa shape index (κ1) is 14.4. The minimum Gasteiger partial charge on any atom is -0.377 e. The molecule has 3 heteroatoms. The number of rotatable bonds is 4. The van der Waals surface area contributed by atoms with Gasteiger partial charge in [0, 0.05) is 4.47 Å². The average Bonchev–Trinajstić information content (AvgIpc) is 2.39. The van der Waals surface area contributed by atoms with E-state index in [1.54, 1.807) is 0 Å². The molecule has 2 rings (SSSR count). The molecule has 0 aliphatic rings. The van der Waals surface area contributed by atoms with Gasteiger partial charge in [0.25, 0.3) is 0 Å². The highest BCUT2D eigenvalue weighted by Crippen LogP contribution is 2.29. The van der Waals surface area contributed by atoms with Crippen LogP contribution in [0.2, 0.25) is 5.02 Å². The van der Waals surface area contributed by atoms with Crippen LogP contribution in [0.5, 0.6) is 0 Å². The second kappa shape index (κ2) is 6.44. The normalized spacial score (nSPS) is 12.2. The lowest BCUT2D eigenvalue weighted by Crippen LogP contribution is -2.09. The summed E-state index contributed by atoms with van der Waals surface area (Å²) >= 11 is 9.73. The first-order chi connectivity index (χ1) is 9.10. The number of hydrogen-bond acceptors (Lipinski definition) is 1. The first-order valence-corrected chi connectivity index (χ1v) is 7.55. The highest BCUT2D eigenvalue weighted by Gasteiger charge is 2.10. The Hall–Kier alpha value is -0.990. The van der Waals surface area contributed by atoms with Gasteiger partial charge < -0.3 is 5.32 Å². The van der Waals surface area contributed by atoms with Crippen molar-refractivity contribution in [3.63, 3.8) is 0 Å². The Labute approximate surface area is 128 Å². The molecule has 2 aromatic carbocycles. The zero-order valence-electron chi connectivity index (χ0n) is 11.1. The van der Waals surface area contributed by atoms with E-state index in [1.165, 1.54) is 11.1 Å². The van der Waals surface area contributed by atoms with Gasteiger partial charge in [0.2, 0.25) is 0 Å². The Kier molecular flexibility index (Phi) is 4.89. The molecule has 0 spiro atoms. The van der Waals surface area contributed by atoms with Gasteiger partial charge in [-0.25, -0.2) is 0 Å². The third kappa shape index (κ3) is 3.74. The van der Waals surface area contributed by atoms with Crippen molar-refractivity contribution >= 4 is 33.2 Å². The fraction of sp³-hybridized carbons (Fsp3) is 0.250. The minimum absolute atomic E-state index is 0.272. The summed E-state index contributed by atoms with van der Waals surface area (Å²) in [6.45, 7) is 4.21. The zero-order valence-corrected chi connectivity index (χ0v) is 13.4. The lowest BCUT2D eigenvalue weighted by atomic mass is 10.0. The standard InChI is InChI=1S/C16H17BrClN/c1-3-15(12-5-7-13(17)8-6-12)19-16-9-4-11(2)10-14(16)18/h4-10,15,19H,3H2,1-2H3. The molecule has 0 aromatic heterocycles. The van der Waals surface area contributed by atoms with E-state index in [-0.39, 0.29) is 6.04 Å². The Balaban J connectivity index is 2.21. The van der Waals surface area contributed by atoms with Crippen molar-refractivity contribution in [2.75, 3.05) is 5.32 Å². The lowest BCUT2D eigenvalue weighted by molar-refractivity contribution is 0.749. The van der Waals surface area contributed by atoms with Crippen LogP contribution in [0.15, 0.2) is 46.9 Å². The average molecular weight is 339 g/mol. The van der Waals surface area contributed by atoms with Gasteiger partial charge in [0.1, 0.15) is 0 Å². The second-order valence-electron chi connectivity index (χ2n) is 4.64. The molecule has 0 aliphatic heterocycles. The molecule has 0 saturated heterocycles. The van der Waals surface area contributed by atoms with Crippen molar-refractivity contribution in [3.8, 4) is 0 Å². The van der Waals surface area contributed by atoms with Crippen molar-refractivity contribution in [2.45, 2.75) is 26.3 Å². The first-order valence-electron chi connectivity index (χ1n) is 6.38. The molecule has 100 valence electrons. The van der Waals surface area contributed by atoms with Crippen LogP contribution in [0.3, 0.4) is 0 Å². The summed E-state index contributed by atoms with van der Waals surface area (Å²) in [6, 6.07) is 14.8. The quantitative estimate of drug-likeness (QED) is 0.723. The topological polar surface area (TPSA) is 12.0 Å². The van der Waals surface area contributed by atoms with Crippen molar-refractivity contribution in [2.24, 2.45) is 0 Å². The molecule has 0 bridgehead atoms. The number of anilines is 1. The third-order valence-electron chi connectivity index (χ3n) is 3.13. The minimum atomic E-state index is 0.272. The van der Waals surface area contributed by atoms with Crippen LogP contribution < -0.4 is 5.32 Å². The van der Waals surface area contributed by atoms with Gasteiger partial charge in [-0.2, -0.15) is 0 Å². The molecule has 0 aliphatic carbocycles. The number of benzene rings is 2. The smallest absolute Gasteiger partial charge is 0.0640 e. The fourth-order valence-electron chi connectivity index (χ4n) is 2.04. The van der Waals surface area contributed by atoms with Gasteiger partial charge >= 0.3 is 0 Å². The molecule has 0 fully saturated rings. The Morgan fingerprint density at radius 1 is 1.16 bits per heavy atom. The van der Waals surface area contributed by atoms with Gasteiger partial charge in [-0.15, -0.1) is 0 Å². The van der Waals surface area contributed by atoms with Crippen LogP contribution >= 0.6 is 27.5 Å². The molecule has 2 aromatic rings. The van der Waals surface area contributed by atoms with Crippen molar-refractivity contribution in [1.29, 1.82) is 0 Å². The third-order valence-corrected chi connectivity index (χ3v) is 3.98. The van der Waals surface area contributed by atoms with Gasteiger partial charge in [-0.05, 0) is 48.7 Å². The van der Waals surface area contributed by atoms with E-state index in [9.17, 15) is 0 Å². The number of hydrogen-bond donors (Lipinski definition) is 1. The predicted octanol–water partition coefficient (Wildman–Crippen LogP) is 5.97. The number of aryl methyl sites for hydroxylation is 1. The SMILES string of the molecule is CCC(Nc1ccc(C)cc1Cl)c1ccc(Br)cc1. The zero-order chi connectivity index (χ0) is 13.8. The van der Waals surface area contributed by atoms with E-state index in [1.807, 2.05) is 19.1 Å². The maximum atomic E-state index is 6.27. The molecule has 0 saturated carbocycles. The van der Waals surface area contributed by atoms with Crippen LogP contribution in [-0.4, -0.2) is 0 Å². The Bertz CT molecular complexity index is 551. The molecular formula is C16H17BrClN. The number of nitrogens with one attached hydrogen (secondary N) is 1. The molecule has 1 nitrogen and oxygen atoms in total. The van der Waals surface area contributed by atoms with E-state index < -0.39 is 0 Å². The molecule has 1 unspecified atom stereocenters. The second-order valence-corrected chi connectivity index (χ2v) is 5.96. The molecule has 1 N–H and O–H groups in total. The van der Waals surface area contributed by atoms with E-state index >= 15 is 0 Å². The van der Waals surface area contributed by atoms with Gasteiger partial charge in [0.15, 0.2) is 0 Å². The maximum Gasteiger partial charge on any atom is 0.0640 e. The summed E-state index contributed by atoms with van der Waals surface area (Å²) in [5.74, 6) is 0. The molecule has 0 amide bonds. The summed E-state index contributed by atoms with van der Waals surface area (Å²) < 4.78 is 1.10. The van der Waals surface area contributed by atoms with Crippen molar-refractivity contribution in [3.05, 3.63) is 63.1 Å². The molecule has 19 heavy (non-hydrogen) atoms. The highest BCUT2D eigenvalue weighted by atomic mass is 79.9. The summed E-state index contributed by atoms with van der Waals surface area (Å²) in [6.07, 6.45) is 1.01. The maximum absolute atomic E-state index is 6.27. The molecule has 0 radical (unpaired) electrons. The summed E-state index contributed by atoms with van der Waals surface area (Å²) in [5.41, 5.74) is 3.43. The Morgan fingerprint density at radius 3 is 2.42 bits per heavy atom. The van der Waals surface area contributed by atoms with Gasteiger partial charge in [-0.3, -0.25) is 0 Å². The van der Waals surface area contributed by atoms with Crippen LogP contribution in [0.4, 0.5) is 5.69 Å². The van der Waals surface area contributed by atoms with E-state index in [0.29, 0.717) is 0 Å². The van der Waals surface area contributed by atoms with Crippen LogP contribution in [-0.2, 0) is 0 Å². The number of halogens is 2. The Morgan fingerprint density at radius 2 is 1.84 bits per heavy atom. The lowest BCUT2D eigenvalue weighted by Gasteiger charge is -2.20. The molecule has 1 atom stereocenters. The van der Waals surface area contributed by atoms with Crippen LogP contribution in [0, 0.1) is 6.92 Å². The van der Waals surface area contributed by atoms with E-state index in [4.69, 9.17) is 11.6 Å². The van der Waals surface area contributed by atoms with Crippen LogP contribution in [0.25, 0.3) is 0 Å².